The summed E-state index contributed by atoms with van der Waals surface area (Å²) in [5.41, 5.74) is 1.17. The van der Waals surface area contributed by atoms with Crippen LogP contribution in [0.4, 0.5) is 14.5 Å². The Morgan fingerprint density at radius 2 is 1.94 bits per heavy atom. The van der Waals surface area contributed by atoms with Gasteiger partial charge in [0.25, 0.3) is 0 Å². The molecule has 0 spiro atoms. The average Bonchev–Trinajstić information content (AvgIpc) is 3.20. The van der Waals surface area contributed by atoms with Crippen LogP contribution in [0.1, 0.15) is 29.3 Å². The number of fused-ring (bicyclic) bond motifs is 1. The maximum absolute atomic E-state index is 15.0. The third-order valence-electron chi connectivity index (χ3n) is 4.72. The number of halogens is 2. The van der Waals surface area contributed by atoms with Gasteiger partial charge in [0.05, 0.1) is 11.3 Å². The Labute approximate surface area is 179 Å². The topological polar surface area (TPSA) is 87.7 Å². The molecule has 0 aliphatic heterocycles. The number of anilines is 1. The van der Waals surface area contributed by atoms with Crippen LogP contribution in [0, 0.1) is 11.6 Å². The molecule has 0 saturated heterocycles. The molecule has 1 aromatic carbocycles. The third kappa shape index (κ3) is 4.09. The molecule has 4 aromatic rings. The molecule has 0 amide bonds. The van der Waals surface area contributed by atoms with E-state index in [-0.39, 0.29) is 11.3 Å². The summed E-state index contributed by atoms with van der Waals surface area (Å²) in [6, 6.07) is 7.43. The smallest absolute Gasteiger partial charge is 0.201 e. The molecule has 0 radical (unpaired) electrons. The highest BCUT2D eigenvalue weighted by atomic mass is 32.2. The molecule has 2 N–H and O–H groups in total. The number of rotatable bonds is 7. The second-order valence-electron chi connectivity index (χ2n) is 6.82. The highest BCUT2D eigenvalue weighted by molar-refractivity contribution is 7.86. The number of ketones is 1. The summed E-state index contributed by atoms with van der Waals surface area (Å²) in [5.74, 6) is -2.62. The minimum Gasteiger partial charge on any atom is -0.345 e. The first-order valence-corrected chi connectivity index (χ1v) is 10.9. The fraction of sp³-hybridized carbons (Fsp3) is 0.136. The number of carbonyl (C=O) groups excluding carboxylic acids is 1. The van der Waals surface area contributed by atoms with Crippen LogP contribution in [0.25, 0.3) is 22.2 Å². The summed E-state index contributed by atoms with van der Waals surface area (Å²) in [5, 5.41) is 0.436. The fourth-order valence-electron chi connectivity index (χ4n) is 3.23. The van der Waals surface area contributed by atoms with Crippen molar-refractivity contribution in [2.45, 2.75) is 13.3 Å². The number of pyridine rings is 2. The molecule has 3 heterocycles. The number of carbonyl (C=O) groups is 1. The molecule has 1 atom stereocenters. The number of hydrogen-bond donors (Lipinski definition) is 2. The van der Waals surface area contributed by atoms with Gasteiger partial charge in [-0.05, 0) is 42.3 Å². The predicted molar refractivity (Wildman–Crippen MR) is 116 cm³/mol. The van der Waals surface area contributed by atoms with Crippen molar-refractivity contribution >= 4 is 33.5 Å². The van der Waals surface area contributed by atoms with Crippen LogP contribution in [-0.2, 0) is 11.0 Å². The summed E-state index contributed by atoms with van der Waals surface area (Å²) < 4.78 is 44.0. The molecular weight excluding hydrogens is 422 g/mol. The normalized spacial score (nSPS) is 12.1. The van der Waals surface area contributed by atoms with Crippen LogP contribution in [-0.4, -0.2) is 30.7 Å². The molecule has 0 saturated carbocycles. The Bertz CT molecular complexity index is 1290. The van der Waals surface area contributed by atoms with Crippen LogP contribution >= 0.6 is 0 Å². The molecule has 158 valence electrons. The number of nitrogens with one attached hydrogen (secondary N) is 2. The van der Waals surface area contributed by atoms with E-state index in [0.717, 1.165) is 23.3 Å². The van der Waals surface area contributed by atoms with Gasteiger partial charge in [-0.1, -0.05) is 6.92 Å². The lowest BCUT2D eigenvalue weighted by Gasteiger charge is -2.10. The highest BCUT2D eigenvalue weighted by Gasteiger charge is 2.25. The first kappa shape index (κ1) is 20.8. The molecule has 0 bridgehead atoms. The summed E-state index contributed by atoms with van der Waals surface area (Å²) in [6.45, 7) is 1.83. The molecule has 1 unspecified atom stereocenters. The first-order valence-electron chi connectivity index (χ1n) is 9.54. The molecular formula is C22H18F2N4O2S. The van der Waals surface area contributed by atoms with Crippen molar-refractivity contribution in [1.29, 1.82) is 0 Å². The van der Waals surface area contributed by atoms with Crippen molar-refractivity contribution < 1.29 is 17.8 Å². The maximum atomic E-state index is 15.0. The van der Waals surface area contributed by atoms with Gasteiger partial charge in [-0.2, -0.15) is 0 Å². The molecule has 0 fully saturated rings. The number of H-pyrrole nitrogens is 1. The van der Waals surface area contributed by atoms with E-state index in [1.165, 1.54) is 6.20 Å². The summed E-state index contributed by atoms with van der Waals surface area (Å²) in [7, 11) is -1.54. The van der Waals surface area contributed by atoms with E-state index >= 15 is 4.39 Å². The highest BCUT2D eigenvalue weighted by Crippen LogP contribution is 2.29. The van der Waals surface area contributed by atoms with Gasteiger partial charge >= 0.3 is 0 Å². The SMILES string of the molecule is CCCS(=O)Nc1ccc(F)c(C(=O)c2c[nH]c3ncc(-c4ccncc4)cc23)c1F. The van der Waals surface area contributed by atoms with E-state index in [9.17, 15) is 13.4 Å². The number of hydrogen-bond acceptors (Lipinski definition) is 4. The lowest BCUT2D eigenvalue weighted by atomic mass is 10.00. The van der Waals surface area contributed by atoms with Gasteiger partial charge in [-0.15, -0.1) is 0 Å². The van der Waals surface area contributed by atoms with Gasteiger partial charge in [0, 0.05) is 47.1 Å². The average molecular weight is 440 g/mol. The fourth-order valence-corrected chi connectivity index (χ4v) is 4.10. The largest absolute Gasteiger partial charge is 0.345 e. The van der Waals surface area contributed by atoms with Crippen LogP contribution in [0.5, 0.6) is 0 Å². The van der Waals surface area contributed by atoms with E-state index < -0.39 is 34.0 Å². The Balaban J connectivity index is 1.77. The number of aromatic nitrogens is 3. The van der Waals surface area contributed by atoms with Gasteiger partial charge in [0.15, 0.2) is 5.82 Å². The number of nitrogens with zero attached hydrogens (tertiary/aromatic N) is 2. The zero-order valence-corrected chi connectivity index (χ0v) is 17.3. The summed E-state index contributed by atoms with van der Waals surface area (Å²) >= 11 is 0. The van der Waals surface area contributed by atoms with Gasteiger partial charge in [-0.3, -0.25) is 9.78 Å². The van der Waals surface area contributed by atoms with Gasteiger partial charge in [0.1, 0.15) is 22.5 Å². The molecule has 31 heavy (non-hydrogen) atoms. The van der Waals surface area contributed by atoms with Gasteiger partial charge in [-0.25, -0.2) is 18.0 Å². The van der Waals surface area contributed by atoms with Crippen molar-refractivity contribution in [3.05, 3.63) is 77.9 Å². The van der Waals surface area contributed by atoms with Gasteiger partial charge < -0.3 is 9.71 Å². The van der Waals surface area contributed by atoms with Gasteiger partial charge in [0.2, 0.25) is 5.78 Å². The predicted octanol–water partition coefficient (Wildman–Crippen LogP) is 4.62. The lowest BCUT2D eigenvalue weighted by Crippen LogP contribution is -2.13. The summed E-state index contributed by atoms with van der Waals surface area (Å²) in [4.78, 5) is 24.3. The van der Waals surface area contributed by atoms with E-state index in [4.69, 9.17) is 0 Å². The van der Waals surface area contributed by atoms with Crippen LogP contribution in [0.2, 0.25) is 0 Å². The van der Waals surface area contributed by atoms with Crippen LogP contribution < -0.4 is 4.72 Å². The Morgan fingerprint density at radius 1 is 1.16 bits per heavy atom. The second-order valence-corrected chi connectivity index (χ2v) is 8.13. The summed E-state index contributed by atoms with van der Waals surface area (Å²) in [6.07, 6.45) is 6.90. The molecule has 9 heteroatoms. The van der Waals surface area contributed by atoms with E-state index in [1.54, 1.807) is 36.8 Å². The molecule has 0 aliphatic rings. The number of aromatic amines is 1. The van der Waals surface area contributed by atoms with Crippen LogP contribution in [0.3, 0.4) is 0 Å². The third-order valence-corrected chi connectivity index (χ3v) is 5.95. The van der Waals surface area contributed by atoms with Crippen molar-refractivity contribution in [2.75, 3.05) is 10.5 Å². The Hall–Kier alpha value is -3.46. The minimum atomic E-state index is -1.54. The van der Waals surface area contributed by atoms with E-state index in [1.807, 2.05) is 6.92 Å². The van der Waals surface area contributed by atoms with Crippen molar-refractivity contribution in [1.82, 2.24) is 15.0 Å². The van der Waals surface area contributed by atoms with E-state index in [0.29, 0.717) is 23.2 Å². The molecule has 4 rings (SSSR count). The Kier molecular flexibility index (Phi) is 5.85. The quantitative estimate of drug-likeness (QED) is 0.411. The molecule has 6 nitrogen and oxygen atoms in total. The monoisotopic (exact) mass is 440 g/mol. The van der Waals surface area contributed by atoms with Crippen molar-refractivity contribution in [2.24, 2.45) is 0 Å². The van der Waals surface area contributed by atoms with Crippen molar-refractivity contribution in [3.8, 4) is 11.1 Å². The van der Waals surface area contributed by atoms with E-state index in [2.05, 4.69) is 19.7 Å². The molecule has 0 aliphatic carbocycles. The molecule has 3 aromatic heterocycles. The zero-order chi connectivity index (χ0) is 22.0. The lowest BCUT2D eigenvalue weighted by molar-refractivity contribution is 0.103. The first-order chi connectivity index (χ1) is 15.0. The minimum absolute atomic E-state index is 0.0861. The Morgan fingerprint density at radius 3 is 2.68 bits per heavy atom. The maximum Gasteiger partial charge on any atom is 0.201 e. The second kappa shape index (κ2) is 8.73. The van der Waals surface area contributed by atoms with Crippen LogP contribution in [0.15, 0.2) is 55.1 Å². The standard InChI is InChI=1S/C22H18F2N4O2S/c1-2-9-31(30)28-18-4-3-17(23)19(20(18)24)21(29)16-12-27-22-15(16)10-14(11-26-22)13-5-7-25-8-6-13/h3-8,10-12,28H,2,9H2,1H3,(H,26,27). The zero-order valence-electron chi connectivity index (χ0n) is 16.5. The number of benzene rings is 1. The van der Waals surface area contributed by atoms with Crippen molar-refractivity contribution in [3.63, 3.8) is 0 Å².